The summed E-state index contributed by atoms with van der Waals surface area (Å²) < 4.78 is 2.19. The Hall–Kier alpha value is -2.36. The molecule has 1 N–H and O–H groups in total. The SMILES string of the molecule is C/C=C/C=C/C(=O)NCCCn1c(C)nc2ccccc21. The number of carbonyl (C=O) groups is 1. The van der Waals surface area contributed by atoms with Gasteiger partial charge in [-0.2, -0.15) is 0 Å². The summed E-state index contributed by atoms with van der Waals surface area (Å²) in [6, 6.07) is 8.12. The lowest BCUT2D eigenvalue weighted by Gasteiger charge is -2.07. The van der Waals surface area contributed by atoms with Crippen LogP contribution in [-0.2, 0) is 11.3 Å². The first-order chi connectivity index (χ1) is 10.2. The monoisotopic (exact) mass is 283 g/mol. The zero-order valence-corrected chi connectivity index (χ0v) is 12.5. The third kappa shape index (κ3) is 4.05. The van der Waals surface area contributed by atoms with Crippen molar-refractivity contribution in [3.8, 4) is 0 Å². The summed E-state index contributed by atoms with van der Waals surface area (Å²) in [6.45, 7) is 5.44. The predicted molar refractivity (Wildman–Crippen MR) is 86.1 cm³/mol. The van der Waals surface area contributed by atoms with E-state index in [0.29, 0.717) is 6.54 Å². The van der Waals surface area contributed by atoms with E-state index in [1.165, 1.54) is 6.08 Å². The Bertz CT molecular complexity index is 668. The van der Waals surface area contributed by atoms with Gasteiger partial charge in [0.05, 0.1) is 11.0 Å². The number of hydrogen-bond donors (Lipinski definition) is 1. The molecule has 0 bridgehead atoms. The van der Waals surface area contributed by atoms with Crippen LogP contribution in [0.15, 0.2) is 48.6 Å². The molecule has 21 heavy (non-hydrogen) atoms. The van der Waals surface area contributed by atoms with Crippen molar-refractivity contribution in [3.05, 3.63) is 54.4 Å². The van der Waals surface area contributed by atoms with Gasteiger partial charge in [-0.15, -0.1) is 0 Å². The summed E-state index contributed by atoms with van der Waals surface area (Å²) in [4.78, 5) is 16.0. The first-order valence-corrected chi connectivity index (χ1v) is 7.21. The molecule has 4 nitrogen and oxygen atoms in total. The van der Waals surface area contributed by atoms with E-state index in [2.05, 4.69) is 20.9 Å². The Morgan fingerprint density at radius 1 is 1.33 bits per heavy atom. The molecule has 1 aromatic carbocycles. The predicted octanol–water partition coefficient (Wildman–Crippen LogP) is 2.98. The van der Waals surface area contributed by atoms with Gasteiger partial charge in [-0.25, -0.2) is 4.98 Å². The number of nitrogens with zero attached hydrogens (tertiary/aromatic N) is 2. The number of amides is 1. The highest BCUT2D eigenvalue weighted by molar-refractivity contribution is 5.87. The Morgan fingerprint density at radius 2 is 2.14 bits per heavy atom. The van der Waals surface area contributed by atoms with Gasteiger partial charge < -0.3 is 9.88 Å². The van der Waals surface area contributed by atoms with Crippen molar-refractivity contribution in [1.82, 2.24) is 14.9 Å². The zero-order chi connectivity index (χ0) is 15.1. The first-order valence-electron chi connectivity index (χ1n) is 7.21. The van der Waals surface area contributed by atoms with E-state index in [-0.39, 0.29) is 5.91 Å². The van der Waals surface area contributed by atoms with Crippen molar-refractivity contribution in [2.45, 2.75) is 26.8 Å². The minimum Gasteiger partial charge on any atom is -0.352 e. The molecule has 0 saturated heterocycles. The van der Waals surface area contributed by atoms with Crippen molar-refractivity contribution in [3.63, 3.8) is 0 Å². The van der Waals surface area contributed by atoms with E-state index in [1.807, 2.05) is 44.2 Å². The van der Waals surface area contributed by atoms with E-state index in [1.54, 1.807) is 6.08 Å². The van der Waals surface area contributed by atoms with Crippen molar-refractivity contribution < 1.29 is 4.79 Å². The van der Waals surface area contributed by atoms with Crippen LogP contribution in [0, 0.1) is 6.92 Å². The molecule has 110 valence electrons. The molecule has 0 fully saturated rings. The third-order valence-electron chi connectivity index (χ3n) is 3.25. The summed E-state index contributed by atoms with van der Waals surface area (Å²) in [7, 11) is 0. The quantitative estimate of drug-likeness (QED) is 0.503. The number of fused-ring (bicyclic) bond motifs is 1. The number of aromatic nitrogens is 2. The van der Waals surface area contributed by atoms with Crippen molar-refractivity contribution in [1.29, 1.82) is 0 Å². The van der Waals surface area contributed by atoms with Gasteiger partial charge in [0.25, 0.3) is 0 Å². The minimum absolute atomic E-state index is 0.0553. The maximum Gasteiger partial charge on any atom is 0.243 e. The summed E-state index contributed by atoms with van der Waals surface area (Å²) in [5, 5.41) is 2.88. The van der Waals surface area contributed by atoms with Crippen LogP contribution in [0.25, 0.3) is 11.0 Å². The molecule has 0 saturated carbocycles. The molecule has 2 rings (SSSR count). The summed E-state index contributed by atoms with van der Waals surface area (Å²) in [6.07, 6.45) is 7.88. The average molecular weight is 283 g/mol. The van der Waals surface area contributed by atoms with E-state index >= 15 is 0 Å². The number of carbonyl (C=O) groups excluding carboxylic acids is 1. The van der Waals surface area contributed by atoms with E-state index in [0.717, 1.165) is 29.8 Å². The summed E-state index contributed by atoms with van der Waals surface area (Å²) in [5.74, 6) is 0.954. The molecule has 1 heterocycles. The van der Waals surface area contributed by atoms with Crippen LogP contribution in [-0.4, -0.2) is 22.0 Å². The topological polar surface area (TPSA) is 46.9 Å². The second-order valence-electron chi connectivity index (χ2n) is 4.83. The van der Waals surface area contributed by atoms with E-state index < -0.39 is 0 Å². The molecule has 1 aromatic heterocycles. The van der Waals surface area contributed by atoms with Crippen molar-refractivity contribution in [2.24, 2.45) is 0 Å². The molecule has 0 unspecified atom stereocenters. The highest BCUT2D eigenvalue weighted by atomic mass is 16.1. The standard InChI is InChI=1S/C17H21N3O/c1-3-4-5-11-17(21)18-12-8-13-20-14(2)19-15-9-6-7-10-16(15)20/h3-7,9-11H,8,12-13H2,1-2H3,(H,18,21)/b4-3+,11-5+. The van der Waals surface area contributed by atoms with Gasteiger partial charge in [-0.3, -0.25) is 4.79 Å². The van der Waals surface area contributed by atoms with Gasteiger partial charge in [0.15, 0.2) is 0 Å². The van der Waals surface area contributed by atoms with Crippen molar-refractivity contribution >= 4 is 16.9 Å². The van der Waals surface area contributed by atoms with Crippen LogP contribution in [0.4, 0.5) is 0 Å². The van der Waals surface area contributed by atoms with E-state index in [9.17, 15) is 4.79 Å². The number of nitrogens with one attached hydrogen (secondary N) is 1. The van der Waals surface area contributed by atoms with Gasteiger partial charge >= 0.3 is 0 Å². The lowest BCUT2D eigenvalue weighted by atomic mass is 10.3. The maximum atomic E-state index is 11.5. The normalized spacial score (nSPS) is 11.7. The second-order valence-corrected chi connectivity index (χ2v) is 4.83. The van der Waals surface area contributed by atoms with Gasteiger partial charge in [0.2, 0.25) is 5.91 Å². The molecule has 1 amide bonds. The molecule has 2 aromatic rings. The number of hydrogen-bond acceptors (Lipinski definition) is 2. The number of imidazole rings is 1. The largest absolute Gasteiger partial charge is 0.352 e. The lowest BCUT2D eigenvalue weighted by molar-refractivity contribution is -0.116. The maximum absolute atomic E-state index is 11.5. The lowest BCUT2D eigenvalue weighted by Crippen LogP contribution is -2.23. The number of aryl methyl sites for hydroxylation is 2. The molecule has 4 heteroatoms. The average Bonchev–Trinajstić information content (AvgIpc) is 2.80. The fourth-order valence-corrected chi connectivity index (χ4v) is 2.24. The van der Waals surface area contributed by atoms with Crippen LogP contribution in [0.5, 0.6) is 0 Å². The second kappa shape index (κ2) is 7.43. The summed E-state index contributed by atoms with van der Waals surface area (Å²) >= 11 is 0. The van der Waals surface area contributed by atoms with Crippen LogP contribution in [0.2, 0.25) is 0 Å². The zero-order valence-electron chi connectivity index (χ0n) is 12.5. The third-order valence-corrected chi connectivity index (χ3v) is 3.25. The summed E-state index contributed by atoms with van der Waals surface area (Å²) in [5.41, 5.74) is 2.17. The molecular weight excluding hydrogens is 262 g/mol. The molecule has 0 aliphatic carbocycles. The van der Waals surface area contributed by atoms with Crippen LogP contribution in [0.1, 0.15) is 19.2 Å². The molecule has 0 spiro atoms. The molecule has 0 atom stereocenters. The molecule has 0 aliphatic heterocycles. The molecule has 0 radical (unpaired) electrons. The smallest absolute Gasteiger partial charge is 0.243 e. The van der Waals surface area contributed by atoms with Gasteiger partial charge in [0.1, 0.15) is 5.82 Å². The Morgan fingerprint density at radius 3 is 2.95 bits per heavy atom. The van der Waals surface area contributed by atoms with Crippen LogP contribution >= 0.6 is 0 Å². The number of rotatable bonds is 6. The Balaban J connectivity index is 1.85. The van der Waals surface area contributed by atoms with Crippen molar-refractivity contribution in [2.75, 3.05) is 6.54 Å². The van der Waals surface area contributed by atoms with Gasteiger partial charge in [-0.1, -0.05) is 30.4 Å². The highest BCUT2D eigenvalue weighted by Crippen LogP contribution is 2.15. The minimum atomic E-state index is -0.0553. The van der Waals surface area contributed by atoms with Crippen LogP contribution in [0.3, 0.4) is 0 Å². The number of benzene rings is 1. The van der Waals surface area contributed by atoms with Gasteiger partial charge in [0, 0.05) is 19.2 Å². The first kappa shape index (κ1) is 15.0. The Labute approximate surface area is 125 Å². The number of allylic oxidation sites excluding steroid dienone is 3. The van der Waals surface area contributed by atoms with Crippen LogP contribution < -0.4 is 5.32 Å². The fourth-order valence-electron chi connectivity index (χ4n) is 2.24. The van der Waals surface area contributed by atoms with Gasteiger partial charge in [-0.05, 0) is 32.4 Å². The molecule has 0 aliphatic rings. The highest BCUT2D eigenvalue weighted by Gasteiger charge is 2.05. The number of para-hydroxylation sites is 2. The Kier molecular flexibility index (Phi) is 5.32. The molecular formula is C17H21N3O. The van der Waals surface area contributed by atoms with E-state index in [4.69, 9.17) is 0 Å². The fraction of sp³-hybridized carbons (Fsp3) is 0.294.